The van der Waals surface area contributed by atoms with Crippen LogP contribution in [0.25, 0.3) is 0 Å². The van der Waals surface area contributed by atoms with Gasteiger partial charge in [0.15, 0.2) is 0 Å². The standard InChI is InChI=1S/C13H23F3N2/c1-18(7-5-13(14,15)16)6-4-10-8-11-2-3-12(9-10)17-11/h10-12,17H,2-9H2,1H3. The first-order chi connectivity index (χ1) is 8.42. The SMILES string of the molecule is CN(CCC1CC2CCC(C1)N2)CCC(F)(F)F. The van der Waals surface area contributed by atoms with Crippen molar-refractivity contribution in [1.29, 1.82) is 0 Å². The van der Waals surface area contributed by atoms with Gasteiger partial charge in [-0.1, -0.05) is 0 Å². The number of nitrogens with one attached hydrogen (secondary N) is 1. The highest BCUT2D eigenvalue weighted by molar-refractivity contribution is 4.91. The van der Waals surface area contributed by atoms with Crippen molar-refractivity contribution in [3.8, 4) is 0 Å². The van der Waals surface area contributed by atoms with Crippen LogP contribution in [-0.2, 0) is 0 Å². The van der Waals surface area contributed by atoms with Crippen LogP contribution in [0.15, 0.2) is 0 Å². The van der Waals surface area contributed by atoms with Crippen molar-refractivity contribution in [2.75, 3.05) is 20.1 Å². The van der Waals surface area contributed by atoms with Crippen LogP contribution in [0.4, 0.5) is 13.2 Å². The molecule has 2 saturated heterocycles. The summed E-state index contributed by atoms with van der Waals surface area (Å²) in [5.74, 6) is 0.706. The van der Waals surface area contributed by atoms with E-state index in [-0.39, 0.29) is 6.54 Å². The average Bonchev–Trinajstić information content (AvgIpc) is 2.62. The lowest BCUT2D eigenvalue weighted by Gasteiger charge is -2.30. The predicted molar refractivity (Wildman–Crippen MR) is 65.5 cm³/mol. The summed E-state index contributed by atoms with van der Waals surface area (Å²) in [7, 11) is 1.79. The summed E-state index contributed by atoms with van der Waals surface area (Å²) >= 11 is 0. The summed E-state index contributed by atoms with van der Waals surface area (Å²) < 4.78 is 36.3. The number of hydrogen-bond acceptors (Lipinski definition) is 2. The normalized spacial score (nSPS) is 32.2. The summed E-state index contributed by atoms with van der Waals surface area (Å²) in [6.07, 6.45) is 1.31. The molecule has 0 amide bonds. The number of rotatable bonds is 5. The molecule has 5 heteroatoms. The lowest BCUT2D eigenvalue weighted by Crippen LogP contribution is -2.39. The second-order valence-corrected chi connectivity index (χ2v) is 5.93. The van der Waals surface area contributed by atoms with E-state index in [0.29, 0.717) is 18.0 Å². The molecule has 0 radical (unpaired) electrons. The van der Waals surface area contributed by atoms with Crippen LogP contribution in [0.1, 0.15) is 38.5 Å². The minimum Gasteiger partial charge on any atom is -0.311 e. The smallest absolute Gasteiger partial charge is 0.311 e. The second-order valence-electron chi connectivity index (χ2n) is 5.93. The molecule has 0 aromatic heterocycles. The molecule has 0 saturated carbocycles. The third kappa shape index (κ3) is 4.43. The number of hydrogen-bond donors (Lipinski definition) is 1. The van der Waals surface area contributed by atoms with Crippen molar-refractivity contribution >= 4 is 0 Å². The Morgan fingerprint density at radius 3 is 2.28 bits per heavy atom. The molecule has 0 aromatic carbocycles. The average molecular weight is 264 g/mol. The van der Waals surface area contributed by atoms with Crippen molar-refractivity contribution in [3.05, 3.63) is 0 Å². The van der Waals surface area contributed by atoms with Gasteiger partial charge in [-0.15, -0.1) is 0 Å². The van der Waals surface area contributed by atoms with E-state index in [4.69, 9.17) is 0 Å². The fourth-order valence-corrected chi connectivity index (χ4v) is 3.24. The maximum absolute atomic E-state index is 12.1. The molecule has 2 unspecified atom stereocenters. The van der Waals surface area contributed by atoms with Crippen LogP contribution in [0.5, 0.6) is 0 Å². The first kappa shape index (κ1) is 14.1. The van der Waals surface area contributed by atoms with Crippen LogP contribution >= 0.6 is 0 Å². The van der Waals surface area contributed by atoms with E-state index in [1.807, 2.05) is 4.90 Å². The molecule has 0 aliphatic carbocycles. The summed E-state index contributed by atoms with van der Waals surface area (Å²) in [6.45, 7) is 0.918. The lowest BCUT2D eigenvalue weighted by atomic mass is 9.89. The minimum absolute atomic E-state index is 0.126. The Morgan fingerprint density at radius 1 is 1.11 bits per heavy atom. The molecule has 0 spiro atoms. The van der Waals surface area contributed by atoms with Gasteiger partial charge in [0.1, 0.15) is 0 Å². The zero-order valence-corrected chi connectivity index (χ0v) is 11.0. The lowest BCUT2D eigenvalue weighted by molar-refractivity contribution is -0.137. The Labute approximate surface area is 107 Å². The molecular formula is C13H23F3N2. The van der Waals surface area contributed by atoms with E-state index in [9.17, 15) is 13.2 Å². The molecule has 2 aliphatic heterocycles. The van der Waals surface area contributed by atoms with Crippen LogP contribution in [0.2, 0.25) is 0 Å². The molecular weight excluding hydrogens is 241 g/mol. The predicted octanol–water partition coefficient (Wildman–Crippen LogP) is 2.79. The van der Waals surface area contributed by atoms with Gasteiger partial charge >= 0.3 is 6.18 Å². The van der Waals surface area contributed by atoms with E-state index in [0.717, 1.165) is 13.0 Å². The quantitative estimate of drug-likeness (QED) is 0.821. The topological polar surface area (TPSA) is 15.3 Å². The van der Waals surface area contributed by atoms with Crippen molar-refractivity contribution < 1.29 is 13.2 Å². The maximum atomic E-state index is 12.1. The van der Waals surface area contributed by atoms with Gasteiger partial charge in [0, 0.05) is 18.6 Å². The van der Waals surface area contributed by atoms with Gasteiger partial charge in [-0.3, -0.25) is 0 Å². The number of piperidine rings is 1. The highest BCUT2D eigenvalue weighted by Gasteiger charge is 2.33. The van der Waals surface area contributed by atoms with E-state index in [1.54, 1.807) is 7.05 Å². The summed E-state index contributed by atoms with van der Waals surface area (Å²) in [6, 6.07) is 1.35. The number of alkyl halides is 3. The van der Waals surface area contributed by atoms with E-state index in [1.165, 1.54) is 25.7 Å². The van der Waals surface area contributed by atoms with E-state index in [2.05, 4.69) is 5.32 Å². The molecule has 0 aromatic rings. The van der Waals surface area contributed by atoms with E-state index >= 15 is 0 Å². The Balaban J connectivity index is 1.62. The first-order valence-corrected chi connectivity index (χ1v) is 6.94. The van der Waals surface area contributed by atoms with Gasteiger partial charge in [-0.05, 0) is 51.6 Å². The third-order valence-electron chi connectivity index (χ3n) is 4.27. The molecule has 106 valence electrons. The zero-order valence-electron chi connectivity index (χ0n) is 11.0. The van der Waals surface area contributed by atoms with Crippen LogP contribution < -0.4 is 5.32 Å². The van der Waals surface area contributed by atoms with Crippen LogP contribution in [-0.4, -0.2) is 43.3 Å². The van der Waals surface area contributed by atoms with Crippen LogP contribution in [0.3, 0.4) is 0 Å². The molecule has 2 heterocycles. The van der Waals surface area contributed by atoms with Gasteiger partial charge in [0.05, 0.1) is 6.42 Å². The summed E-state index contributed by atoms with van der Waals surface area (Å²) in [5.41, 5.74) is 0. The monoisotopic (exact) mass is 264 g/mol. The third-order valence-corrected chi connectivity index (χ3v) is 4.27. The largest absolute Gasteiger partial charge is 0.390 e. The molecule has 2 aliphatic rings. The van der Waals surface area contributed by atoms with Crippen molar-refractivity contribution in [3.63, 3.8) is 0 Å². The molecule has 2 rings (SSSR count). The summed E-state index contributed by atoms with van der Waals surface area (Å²) in [4.78, 5) is 1.82. The number of halogens is 3. The van der Waals surface area contributed by atoms with Crippen molar-refractivity contribution in [2.24, 2.45) is 5.92 Å². The Bertz CT molecular complexity index is 255. The zero-order chi connectivity index (χ0) is 13.2. The summed E-state index contributed by atoms with van der Waals surface area (Å²) in [5, 5.41) is 3.59. The fourth-order valence-electron chi connectivity index (χ4n) is 3.24. The van der Waals surface area contributed by atoms with Gasteiger partial charge < -0.3 is 10.2 Å². The van der Waals surface area contributed by atoms with Gasteiger partial charge in [0.2, 0.25) is 0 Å². The molecule has 2 atom stereocenters. The second kappa shape index (κ2) is 5.78. The maximum Gasteiger partial charge on any atom is 0.390 e. The Hall–Kier alpha value is -0.290. The van der Waals surface area contributed by atoms with Gasteiger partial charge in [0.25, 0.3) is 0 Å². The van der Waals surface area contributed by atoms with Crippen molar-refractivity contribution in [2.45, 2.75) is 56.8 Å². The first-order valence-electron chi connectivity index (χ1n) is 6.94. The minimum atomic E-state index is -4.03. The highest BCUT2D eigenvalue weighted by Crippen LogP contribution is 2.32. The fraction of sp³-hybridized carbons (Fsp3) is 1.00. The van der Waals surface area contributed by atoms with Crippen molar-refractivity contribution in [1.82, 2.24) is 10.2 Å². The van der Waals surface area contributed by atoms with Crippen LogP contribution in [0, 0.1) is 5.92 Å². The Morgan fingerprint density at radius 2 is 1.72 bits per heavy atom. The highest BCUT2D eigenvalue weighted by atomic mass is 19.4. The molecule has 18 heavy (non-hydrogen) atoms. The molecule has 1 N–H and O–H groups in total. The molecule has 2 nitrogen and oxygen atoms in total. The van der Waals surface area contributed by atoms with E-state index < -0.39 is 12.6 Å². The van der Waals surface area contributed by atoms with Gasteiger partial charge in [-0.25, -0.2) is 0 Å². The Kier molecular flexibility index (Phi) is 4.54. The number of fused-ring (bicyclic) bond motifs is 2. The number of nitrogens with zero attached hydrogens (tertiary/aromatic N) is 1. The molecule has 2 bridgehead atoms. The van der Waals surface area contributed by atoms with Gasteiger partial charge in [-0.2, -0.15) is 13.2 Å². The molecule has 2 fully saturated rings.